The molecule has 48 heavy (non-hydrogen) atoms. The molecule has 1 atom stereocenters. The van der Waals surface area contributed by atoms with Crippen molar-refractivity contribution >= 4 is 39.1 Å². The van der Waals surface area contributed by atoms with Gasteiger partial charge in [0, 0.05) is 29.6 Å². The Bertz CT molecular complexity index is 1850. The van der Waals surface area contributed by atoms with Gasteiger partial charge in [-0.3, -0.25) is 13.9 Å². The first-order valence-corrected chi connectivity index (χ1v) is 17.2. The van der Waals surface area contributed by atoms with Crippen LogP contribution in [0, 0.1) is 5.82 Å². The zero-order chi connectivity index (χ0) is 34.5. The predicted molar refractivity (Wildman–Crippen MR) is 182 cm³/mol. The molecule has 12 heteroatoms. The number of nitrogens with one attached hydrogen (secondary N) is 1. The highest BCUT2D eigenvalue weighted by Gasteiger charge is 2.36. The number of amides is 2. The van der Waals surface area contributed by atoms with Gasteiger partial charge >= 0.3 is 0 Å². The fourth-order valence-electron chi connectivity index (χ4n) is 5.24. The molecule has 9 nitrogen and oxygen atoms in total. The highest BCUT2D eigenvalue weighted by atomic mass is 35.5. The van der Waals surface area contributed by atoms with Gasteiger partial charge in [0.1, 0.15) is 31.6 Å². The summed E-state index contributed by atoms with van der Waals surface area (Å²) in [5, 5.41) is 3.49. The number of rotatable bonds is 11. The van der Waals surface area contributed by atoms with E-state index in [1.54, 1.807) is 24.3 Å². The number of sulfonamides is 1. The minimum atomic E-state index is -4.43. The standard InChI is InChI=1S/C36H37ClFN3O6S/c1-36(2,3)39-35(43)31(21-25-7-5-4-6-8-25)40(23-26-9-11-27(37)12-10-26)34(42)24-41(29-15-13-28(38)14-16-29)48(44,45)30-17-18-32-33(22-30)47-20-19-46-32/h4-18,22,31H,19-21,23-24H2,1-3H3,(H,39,43)/t31-/m1/s1. The molecular formula is C36H37ClFN3O6S. The summed E-state index contributed by atoms with van der Waals surface area (Å²) in [4.78, 5) is 29.8. The van der Waals surface area contributed by atoms with Crippen molar-refractivity contribution in [1.29, 1.82) is 0 Å². The molecule has 4 aromatic carbocycles. The number of halogens is 2. The smallest absolute Gasteiger partial charge is 0.264 e. The lowest BCUT2D eigenvalue weighted by atomic mass is 10.0. The molecule has 0 unspecified atom stereocenters. The summed E-state index contributed by atoms with van der Waals surface area (Å²) in [6.45, 7) is 5.38. The second-order valence-corrected chi connectivity index (χ2v) is 14.7. The van der Waals surface area contributed by atoms with E-state index in [1.807, 2.05) is 51.1 Å². The summed E-state index contributed by atoms with van der Waals surface area (Å²) < 4.78 is 54.7. The lowest BCUT2D eigenvalue weighted by Crippen LogP contribution is -2.56. The van der Waals surface area contributed by atoms with Crippen molar-refractivity contribution in [3.05, 3.63) is 119 Å². The van der Waals surface area contributed by atoms with E-state index in [-0.39, 0.29) is 35.9 Å². The van der Waals surface area contributed by atoms with Gasteiger partial charge in [-0.2, -0.15) is 0 Å². The van der Waals surface area contributed by atoms with Crippen LogP contribution in [-0.2, 0) is 32.6 Å². The first kappa shape index (κ1) is 34.7. The number of hydrogen-bond acceptors (Lipinski definition) is 6. The maximum Gasteiger partial charge on any atom is 0.264 e. The van der Waals surface area contributed by atoms with E-state index in [9.17, 15) is 22.4 Å². The molecule has 1 aliphatic rings. The molecular weight excluding hydrogens is 657 g/mol. The first-order chi connectivity index (χ1) is 22.8. The van der Waals surface area contributed by atoms with Crippen LogP contribution in [-0.4, -0.2) is 56.5 Å². The van der Waals surface area contributed by atoms with Crippen LogP contribution in [0.2, 0.25) is 5.02 Å². The molecule has 4 aromatic rings. The number of carbonyl (C=O) groups is 2. The highest BCUT2D eigenvalue weighted by molar-refractivity contribution is 7.92. The van der Waals surface area contributed by atoms with Gasteiger partial charge in [-0.05, 0) is 80.4 Å². The van der Waals surface area contributed by atoms with Crippen molar-refractivity contribution in [2.24, 2.45) is 0 Å². The molecule has 1 heterocycles. The van der Waals surface area contributed by atoms with Crippen LogP contribution in [0.3, 0.4) is 0 Å². The third kappa shape index (κ3) is 8.64. The molecule has 0 aromatic heterocycles. The van der Waals surface area contributed by atoms with Gasteiger partial charge in [-0.15, -0.1) is 0 Å². The number of ether oxygens (including phenoxy) is 2. The number of hydrogen-bond donors (Lipinski definition) is 1. The number of nitrogens with zero attached hydrogens (tertiary/aromatic N) is 2. The molecule has 0 spiro atoms. The van der Waals surface area contributed by atoms with Gasteiger partial charge < -0.3 is 19.7 Å². The van der Waals surface area contributed by atoms with Crippen LogP contribution < -0.4 is 19.1 Å². The Morgan fingerprint density at radius 2 is 1.52 bits per heavy atom. The fourth-order valence-corrected chi connectivity index (χ4v) is 6.80. The van der Waals surface area contributed by atoms with Crippen LogP contribution in [0.5, 0.6) is 11.5 Å². The van der Waals surface area contributed by atoms with Gasteiger partial charge in [0.2, 0.25) is 11.8 Å². The zero-order valence-corrected chi connectivity index (χ0v) is 28.4. The molecule has 0 saturated carbocycles. The van der Waals surface area contributed by atoms with Crippen molar-refractivity contribution in [2.75, 3.05) is 24.1 Å². The van der Waals surface area contributed by atoms with Crippen LogP contribution in [0.1, 0.15) is 31.9 Å². The number of carbonyl (C=O) groups excluding carboxylic acids is 2. The topological polar surface area (TPSA) is 105 Å². The summed E-state index contributed by atoms with van der Waals surface area (Å²) in [7, 11) is -4.43. The second-order valence-electron chi connectivity index (χ2n) is 12.4. The molecule has 2 amide bonds. The summed E-state index contributed by atoms with van der Waals surface area (Å²) in [6.07, 6.45) is 0.160. The van der Waals surface area contributed by atoms with E-state index in [1.165, 1.54) is 35.2 Å². The summed E-state index contributed by atoms with van der Waals surface area (Å²) in [6, 6.07) is 24.1. The van der Waals surface area contributed by atoms with Gasteiger partial charge in [-0.1, -0.05) is 54.1 Å². The monoisotopic (exact) mass is 693 g/mol. The van der Waals surface area contributed by atoms with Gasteiger partial charge in [0.15, 0.2) is 11.5 Å². The Morgan fingerprint density at radius 3 is 2.17 bits per heavy atom. The van der Waals surface area contributed by atoms with Gasteiger partial charge in [-0.25, -0.2) is 12.8 Å². The third-order valence-corrected chi connectivity index (χ3v) is 9.55. The SMILES string of the molecule is CC(C)(C)NC(=O)[C@@H](Cc1ccccc1)N(Cc1ccc(Cl)cc1)C(=O)CN(c1ccc(F)cc1)S(=O)(=O)c1ccc2c(c1)OCCO2. The first-order valence-electron chi connectivity index (χ1n) is 15.4. The Kier molecular flexibility index (Phi) is 10.6. The molecule has 1 aliphatic heterocycles. The quantitative estimate of drug-likeness (QED) is 0.207. The van der Waals surface area contributed by atoms with Crippen LogP contribution >= 0.6 is 11.6 Å². The Hall–Kier alpha value is -4.61. The lowest BCUT2D eigenvalue weighted by Gasteiger charge is -2.35. The van der Waals surface area contributed by atoms with Crippen molar-refractivity contribution in [3.8, 4) is 11.5 Å². The van der Waals surface area contributed by atoms with E-state index in [0.717, 1.165) is 22.0 Å². The van der Waals surface area contributed by atoms with Crippen LogP contribution in [0.4, 0.5) is 10.1 Å². The van der Waals surface area contributed by atoms with Crippen LogP contribution in [0.25, 0.3) is 0 Å². The fraction of sp³-hybridized carbons (Fsp3) is 0.278. The molecule has 0 fully saturated rings. The van der Waals surface area contributed by atoms with Crippen molar-refractivity contribution in [2.45, 2.75) is 50.2 Å². The average Bonchev–Trinajstić information content (AvgIpc) is 3.06. The summed E-state index contributed by atoms with van der Waals surface area (Å²) >= 11 is 6.14. The molecule has 0 bridgehead atoms. The Balaban J connectivity index is 1.58. The number of fused-ring (bicyclic) bond motifs is 1. The Labute approximate surface area is 285 Å². The largest absolute Gasteiger partial charge is 0.486 e. The van der Waals surface area contributed by atoms with E-state index in [2.05, 4.69) is 5.32 Å². The van der Waals surface area contributed by atoms with Crippen LogP contribution in [0.15, 0.2) is 102 Å². The van der Waals surface area contributed by atoms with Crippen molar-refractivity contribution in [1.82, 2.24) is 10.2 Å². The second kappa shape index (κ2) is 14.7. The Morgan fingerprint density at radius 1 is 0.875 bits per heavy atom. The van der Waals surface area contributed by atoms with E-state index >= 15 is 0 Å². The maximum atomic E-state index is 14.6. The van der Waals surface area contributed by atoms with E-state index in [4.69, 9.17) is 21.1 Å². The van der Waals surface area contributed by atoms with Gasteiger partial charge in [0.25, 0.3) is 10.0 Å². The van der Waals surface area contributed by atoms with E-state index in [0.29, 0.717) is 22.9 Å². The molecule has 0 aliphatic carbocycles. The molecule has 252 valence electrons. The van der Waals surface area contributed by atoms with Crippen molar-refractivity contribution in [3.63, 3.8) is 0 Å². The highest BCUT2D eigenvalue weighted by Crippen LogP contribution is 2.34. The molecule has 0 saturated heterocycles. The van der Waals surface area contributed by atoms with E-state index < -0.39 is 45.8 Å². The zero-order valence-electron chi connectivity index (χ0n) is 26.9. The minimum Gasteiger partial charge on any atom is -0.486 e. The van der Waals surface area contributed by atoms with Crippen molar-refractivity contribution < 1.29 is 31.9 Å². The average molecular weight is 694 g/mol. The summed E-state index contributed by atoms with van der Waals surface area (Å²) in [5.74, 6) is -0.990. The predicted octanol–water partition coefficient (Wildman–Crippen LogP) is 6.00. The number of benzene rings is 4. The van der Waals surface area contributed by atoms with Gasteiger partial charge in [0.05, 0.1) is 10.6 Å². The normalized spacial score (nSPS) is 13.4. The maximum absolute atomic E-state index is 14.6. The third-order valence-electron chi connectivity index (χ3n) is 7.53. The molecule has 0 radical (unpaired) electrons. The molecule has 5 rings (SSSR count). The minimum absolute atomic E-state index is 0.0214. The number of anilines is 1. The summed E-state index contributed by atoms with van der Waals surface area (Å²) in [5.41, 5.74) is 0.921. The molecule has 1 N–H and O–H groups in total. The lowest BCUT2D eigenvalue weighted by molar-refractivity contribution is -0.140.